The highest BCUT2D eigenvalue weighted by Gasteiger charge is 2.18. The first-order valence-corrected chi connectivity index (χ1v) is 4.92. The van der Waals surface area contributed by atoms with Crippen LogP contribution in [0.1, 0.15) is 35.5 Å². The molecular weight excluding hydrogens is 218 g/mol. The van der Waals surface area contributed by atoms with Crippen molar-refractivity contribution >= 4 is 29.2 Å². The fraction of sp³-hybridized carbons (Fsp3) is 0.375. The Hall–Kier alpha value is -0.480. The van der Waals surface area contributed by atoms with Gasteiger partial charge in [0.2, 0.25) is 0 Å². The van der Waals surface area contributed by atoms with Crippen molar-refractivity contribution < 1.29 is 13.6 Å². The third-order valence-electron chi connectivity index (χ3n) is 1.14. The normalized spacial score (nSPS) is 9.38. The van der Waals surface area contributed by atoms with E-state index < -0.39 is 6.43 Å². The summed E-state index contributed by atoms with van der Waals surface area (Å²) in [5, 5.41) is 1.29. The molecule has 1 aromatic heterocycles. The van der Waals surface area contributed by atoms with Gasteiger partial charge in [0.1, 0.15) is 0 Å². The van der Waals surface area contributed by atoms with Gasteiger partial charge >= 0.3 is 0 Å². The van der Waals surface area contributed by atoms with Gasteiger partial charge in [0.25, 0.3) is 6.43 Å². The minimum Gasteiger partial charge on any atom is -0.297 e. The first-order valence-electron chi connectivity index (χ1n) is 3.67. The highest BCUT2D eigenvalue weighted by atomic mass is 35.5. The summed E-state index contributed by atoms with van der Waals surface area (Å²) in [6.45, 7) is 4.00. The SMILES string of the molecule is CC.O=Cc1scc(Cl)c1C(F)F. The summed E-state index contributed by atoms with van der Waals surface area (Å²) in [7, 11) is 0. The molecule has 0 aliphatic rings. The fourth-order valence-corrected chi connectivity index (χ4v) is 1.78. The average Bonchev–Trinajstić information content (AvgIpc) is 2.50. The van der Waals surface area contributed by atoms with E-state index in [0.29, 0.717) is 6.29 Å². The molecule has 0 bridgehead atoms. The molecule has 0 unspecified atom stereocenters. The monoisotopic (exact) mass is 226 g/mol. The summed E-state index contributed by atoms with van der Waals surface area (Å²) in [4.78, 5) is 10.2. The number of rotatable bonds is 2. The minimum absolute atomic E-state index is 0.00463. The maximum absolute atomic E-state index is 12.1. The summed E-state index contributed by atoms with van der Waals surface area (Å²) >= 11 is 6.31. The topological polar surface area (TPSA) is 17.1 Å². The maximum atomic E-state index is 12.1. The summed E-state index contributed by atoms with van der Waals surface area (Å²) in [5.41, 5.74) is -0.355. The van der Waals surface area contributed by atoms with Crippen LogP contribution in [-0.2, 0) is 0 Å². The molecule has 0 spiro atoms. The molecule has 0 amide bonds. The summed E-state index contributed by atoms with van der Waals surface area (Å²) in [5.74, 6) is 0. The van der Waals surface area contributed by atoms with Gasteiger partial charge in [-0.2, -0.15) is 0 Å². The van der Waals surface area contributed by atoms with Crippen molar-refractivity contribution in [2.45, 2.75) is 20.3 Å². The molecule has 0 N–H and O–H groups in total. The van der Waals surface area contributed by atoms with Crippen molar-refractivity contribution in [2.75, 3.05) is 0 Å². The lowest BCUT2D eigenvalue weighted by Gasteiger charge is -1.95. The van der Waals surface area contributed by atoms with Crippen LogP contribution >= 0.6 is 22.9 Å². The second kappa shape index (κ2) is 6.05. The Labute approximate surface area is 84.3 Å². The highest BCUT2D eigenvalue weighted by molar-refractivity contribution is 7.12. The van der Waals surface area contributed by atoms with Crippen molar-refractivity contribution in [3.8, 4) is 0 Å². The van der Waals surface area contributed by atoms with Crippen LogP contribution in [0.4, 0.5) is 8.78 Å². The fourth-order valence-electron chi connectivity index (χ4n) is 0.663. The summed E-state index contributed by atoms with van der Waals surface area (Å²) in [6.07, 6.45) is -2.29. The van der Waals surface area contributed by atoms with Crippen LogP contribution in [0.2, 0.25) is 5.02 Å². The van der Waals surface area contributed by atoms with Crippen LogP contribution in [0.15, 0.2) is 5.38 Å². The minimum atomic E-state index is -2.67. The van der Waals surface area contributed by atoms with Gasteiger partial charge in [0.05, 0.1) is 15.5 Å². The molecule has 0 saturated heterocycles. The molecule has 0 fully saturated rings. The Morgan fingerprint density at radius 3 is 2.38 bits per heavy atom. The van der Waals surface area contributed by atoms with E-state index in [9.17, 15) is 13.6 Å². The molecule has 1 nitrogen and oxygen atoms in total. The zero-order chi connectivity index (χ0) is 10.4. The number of carbonyl (C=O) groups excluding carboxylic acids is 1. The van der Waals surface area contributed by atoms with E-state index in [2.05, 4.69) is 0 Å². The lowest BCUT2D eigenvalue weighted by atomic mass is 10.3. The van der Waals surface area contributed by atoms with Gasteiger partial charge in [-0.05, 0) is 0 Å². The summed E-state index contributed by atoms with van der Waals surface area (Å²) in [6, 6.07) is 0. The van der Waals surface area contributed by atoms with Crippen LogP contribution in [0.25, 0.3) is 0 Å². The van der Waals surface area contributed by atoms with E-state index in [0.717, 1.165) is 11.3 Å². The van der Waals surface area contributed by atoms with Crippen LogP contribution in [0.5, 0.6) is 0 Å². The largest absolute Gasteiger partial charge is 0.297 e. The number of hydrogen-bond donors (Lipinski definition) is 0. The molecule has 5 heteroatoms. The first-order chi connectivity index (χ1) is 6.16. The zero-order valence-electron chi connectivity index (χ0n) is 7.18. The molecule has 1 heterocycles. The molecule has 0 aromatic carbocycles. The van der Waals surface area contributed by atoms with E-state index in [-0.39, 0.29) is 15.5 Å². The summed E-state index contributed by atoms with van der Waals surface area (Å²) < 4.78 is 24.1. The Balaban J connectivity index is 0.000000671. The third kappa shape index (κ3) is 3.04. The standard InChI is InChI=1S/C6H3ClF2OS.C2H6/c7-3-2-11-4(1-10)5(3)6(8)9;1-2/h1-2,6H;1-2H3. The van der Waals surface area contributed by atoms with Crippen molar-refractivity contribution in [1.82, 2.24) is 0 Å². The Morgan fingerprint density at radius 1 is 1.54 bits per heavy atom. The molecular formula is C8H9ClF2OS. The van der Waals surface area contributed by atoms with Gasteiger partial charge < -0.3 is 0 Å². The number of hydrogen-bond acceptors (Lipinski definition) is 2. The molecule has 1 aromatic rings. The van der Waals surface area contributed by atoms with E-state index in [1.807, 2.05) is 13.8 Å². The van der Waals surface area contributed by atoms with Gasteiger partial charge in [-0.25, -0.2) is 8.78 Å². The molecule has 0 aliphatic carbocycles. The number of halogens is 3. The molecule has 0 radical (unpaired) electrons. The molecule has 0 atom stereocenters. The first kappa shape index (κ1) is 12.5. The number of alkyl halides is 2. The smallest absolute Gasteiger partial charge is 0.266 e. The van der Waals surface area contributed by atoms with E-state index >= 15 is 0 Å². The van der Waals surface area contributed by atoms with Gasteiger partial charge in [-0.3, -0.25) is 4.79 Å². The van der Waals surface area contributed by atoms with E-state index in [1.54, 1.807) is 0 Å². The quantitative estimate of drug-likeness (QED) is 0.692. The van der Waals surface area contributed by atoms with E-state index in [4.69, 9.17) is 11.6 Å². The van der Waals surface area contributed by atoms with Crippen molar-refractivity contribution in [1.29, 1.82) is 0 Å². The van der Waals surface area contributed by atoms with Gasteiger partial charge in [0.15, 0.2) is 6.29 Å². The molecule has 13 heavy (non-hydrogen) atoms. The molecule has 1 rings (SSSR count). The van der Waals surface area contributed by atoms with Crippen LogP contribution in [0.3, 0.4) is 0 Å². The Kier molecular flexibility index (Phi) is 5.82. The Morgan fingerprint density at radius 2 is 2.08 bits per heavy atom. The predicted octanol–water partition coefficient (Wildman–Crippen LogP) is 4.18. The average molecular weight is 227 g/mol. The van der Waals surface area contributed by atoms with Crippen LogP contribution < -0.4 is 0 Å². The van der Waals surface area contributed by atoms with Crippen LogP contribution in [-0.4, -0.2) is 6.29 Å². The molecule has 0 aliphatic heterocycles. The van der Waals surface area contributed by atoms with Gasteiger partial charge in [-0.1, -0.05) is 25.4 Å². The maximum Gasteiger partial charge on any atom is 0.266 e. The highest BCUT2D eigenvalue weighted by Crippen LogP contribution is 2.33. The van der Waals surface area contributed by atoms with Gasteiger partial charge in [0, 0.05) is 5.38 Å². The predicted molar refractivity (Wildman–Crippen MR) is 51.0 cm³/mol. The van der Waals surface area contributed by atoms with Crippen molar-refractivity contribution in [3.63, 3.8) is 0 Å². The lowest BCUT2D eigenvalue weighted by molar-refractivity contribution is 0.111. The van der Waals surface area contributed by atoms with Crippen molar-refractivity contribution in [2.24, 2.45) is 0 Å². The number of aldehydes is 1. The Bertz CT molecular complexity index is 273. The molecule has 0 saturated carbocycles. The van der Waals surface area contributed by atoms with E-state index in [1.165, 1.54) is 5.38 Å². The van der Waals surface area contributed by atoms with Crippen molar-refractivity contribution in [3.05, 3.63) is 20.8 Å². The number of carbonyl (C=O) groups is 1. The van der Waals surface area contributed by atoms with Crippen LogP contribution in [0, 0.1) is 0 Å². The lowest BCUT2D eigenvalue weighted by Crippen LogP contribution is -1.86. The second-order valence-corrected chi connectivity index (χ2v) is 3.10. The zero-order valence-corrected chi connectivity index (χ0v) is 8.75. The van der Waals surface area contributed by atoms with Gasteiger partial charge in [-0.15, -0.1) is 11.3 Å². The number of thiophene rings is 1. The molecule has 74 valence electrons. The second-order valence-electron chi connectivity index (χ2n) is 1.78. The third-order valence-corrected chi connectivity index (χ3v) is 2.50.